The number of piperazine rings is 1. The molecule has 5 nitrogen and oxygen atoms in total. The highest BCUT2D eigenvalue weighted by Crippen LogP contribution is 2.23. The van der Waals surface area contributed by atoms with Gasteiger partial charge in [-0.3, -0.25) is 9.69 Å². The lowest BCUT2D eigenvalue weighted by Crippen LogP contribution is -2.43. The first-order valence-electron chi connectivity index (χ1n) is 8.31. The van der Waals surface area contributed by atoms with Crippen LogP contribution in [0.4, 0.5) is 5.69 Å². The SMILES string of the molecule is CN1CCN(Cc2ccc(NC(=O)c3cc(Cl)ccc3O)cc2)CC1. The fourth-order valence-electron chi connectivity index (χ4n) is 2.85. The Labute approximate surface area is 152 Å². The number of carbonyl (C=O) groups excluding carboxylic acids is 1. The third-order valence-electron chi connectivity index (χ3n) is 4.42. The molecule has 0 spiro atoms. The van der Waals surface area contributed by atoms with Gasteiger partial charge in [-0.05, 0) is 42.9 Å². The van der Waals surface area contributed by atoms with Crippen molar-refractivity contribution < 1.29 is 9.90 Å². The second-order valence-corrected chi connectivity index (χ2v) is 6.83. The number of benzene rings is 2. The maximum Gasteiger partial charge on any atom is 0.259 e. The van der Waals surface area contributed by atoms with E-state index in [1.165, 1.54) is 17.7 Å². The molecule has 2 aromatic carbocycles. The number of rotatable bonds is 4. The zero-order valence-electron chi connectivity index (χ0n) is 14.2. The summed E-state index contributed by atoms with van der Waals surface area (Å²) in [7, 11) is 2.15. The van der Waals surface area contributed by atoms with Gasteiger partial charge in [0.2, 0.25) is 0 Å². The number of carbonyl (C=O) groups is 1. The van der Waals surface area contributed by atoms with Crippen molar-refractivity contribution in [2.75, 3.05) is 38.5 Å². The van der Waals surface area contributed by atoms with E-state index in [1.807, 2.05) is 24.3 Å². The van der Waals surface area contributed by atoms with Crippen molar-refractivity contribution in [1.82, 2.24) is 9.80 Å². The van der Waals surface area contributed by atoms with Gasteiger partial charge in [0.15, 0.2) is 0 Å². The Balaban J connectivity index is 1.60. The highest BCUT2D eigenvalue weighted by molar-refractivity contribution is 6.31. The van der Waals surface area contributed by atoms with Gasteiger partial charge in [0.25, 0.3) is 5.91 Å². The Morgan fingerprint density at radius 2 is 1.80 bits per heavy atom. The summed E-state index contributed by atoms with van der Waals surface area (Å²) in [6.45, 7) is 5.25. The van der Waals surface area contributed by atoms with Gasteiger partial charge in [0.05, 0.1) is 5.56 Å². The third-order valence-corrected chi connectivity index (χ3v) is 4.65. The van der Waals surface area contributed by atoms with Crippen molar-refractivity contribution in [2.24, 2.45) is 0 Å². The Kier molecular flexibility index (Phi) is 5.58. The summed E-state index contributed by atoms with van der Waals surface area (Å²) in [6, 6.07) is 12.2. The van der Waals surface area contributed by atoms with Crippen LogP contribution in [0, 0.1) is 0 Å². The van der Waals surface area contributed by atoms with Gasteiger partial charge in [-0.25, -0.2) is 0 Å². The number of anilines is 1. The highest BCUT2D eigenvalue weighted by atomic mass is 35.5. The van der Waals surface area contributed by atoms with Crippen molar-refractivity contribution >= 4 is 23.2 Å². The van der Waals surface area contributed by atoms with E-state index >= 15 is 0 Å². The third kappa shape index (κ3) is 4.72. The Morgan fingerprint density at radius 1 is 1.12 bits per heavy atom. The largest absolute Gasteiger partial charge is 0.507 e. The number of nitrogens with one attached hydrogen (secondary N) is 1. The Hall–Kier alpha value is -2.08. The normalized spacial score (nSPS) is 15.9. The number of phenols is 1. The number of hydrogen-bond donors (Lipinski definition) is 2. The molecule has 1 aliphatic rings. The average Bonchev–Trinajstić information content (AvgIpc) is 2.60. The lowest BCUT2D eigenvalue weighted by Gasteiger charge is -2.32. The molecule has 132 valence electrons. The monoisotopic (exact) mass is 359 g/mol. The highest BCUT2D eigenvalue weighted by Gasteiger charge is 2.14. The van der Waals surface area contributed by atoms with Gasteiger partial charge in [-0.2, -0.15) is 0 Å². The van der Waals surface area contributed by atoms with Crippen LogP contribution in [0.3, 0.4) is 0 Å². The maximum absolute atomic E-state index is 12.3. The smallest absolute Gasteiger partial charge is 0.259 e. The minimum absolute atomic E-state index is 0.0893. The predicted octanol–water partition coefficient (Wildman–Crippen LogP) is 3.05. The molecule has 1 heterocycles. The van der Waals surface area contributed by atoms with Gasteiger partial charge >= 0.3 is 0 Å². The first-order valence-corrected chi connectivity index (χ1v) is 8.69. The van der Waals surface area contributed by atoms with Crippen LogP contribution in [-0.2, 0) is 6.54 Å². The van der Waals surface area contributed by atoms with Crippen molar-refractivity contribution in [3.63, 3.8) is 0 Å². The second-order valence-electron chi connectivity index (χ2n) is 6.39. The minimum atomic E-state index is -0.383. The van der Waals surface area contributed by atoms with Crippen LogP contribution in [0.15, 0.2) is 42.5 Å². The molecule has 2 aromatic rings. The molecule has 0 aromatic heterocycles. The standard InChI is InChI=1S/C19H22ClN3O2/c1-22-8-10-23(11-9-22)13-14-2-5-16(6-3-14)21-19(25)17-12-15(20)4-7-18(17)24/h2-7,12,24H,8-11,13H2,1H3,(H,21,25). The predicted molar refractivity (Wildman–Crippen MR) is 100 cm³/mol. The molecule has 25 heavy (non-hydrogen) atoms. The summed E-state index contributed by atoms with van der Waals surface area (Å²) in [5.41, 5.74) is 2.06. The van der Waals surface area contributed by atoms with Crippen LogP contribution in [0.5, 0.6) is 5.75 Å². The van der Waals surface area contributed by atoms with E-state index in [2.05, 4.69) is 22.2 Å². The number of aromatic hydroxyl groups is 1. The van der Waals surface area contributed by atoms with E-state index in [1.54, 1.807) is 6.07 Å². The maximum atomic E-state index is 12.3. The van der Waals surface area contributed by atoms with Crippen LogP contribution in [-0.4, -0.2) is 54.0 Å². The first kappa shape index (κ1) is 17.7. The van der Waals surface area contributed by atoms with Crippen molar-refractivity contribution in [2.45, 2.75) is 6.54 Å². The summed E-state index contributed by atoms with van der Waals surface area (Å²) in [5.74, 6) is -0.472. The molecule has 1 aliphatic heterocycles. The lowest BCUT2D eigenvalue weighted by atomic mass is 10.1. The van der Waals surface area contributed by atoms with E-state index in [0.717, 1.165) is 32.7 Å². The molecule has 3 rings (SSSR count). The van der Waals surface area contributed by atoms with Crippen molar-refractivity contribution in [3.05, 3.63) is 58.6 Å². The molecule has 0 bridgehead atoms. The van der Waals surface area contributed by atoms with Crippen LogP contribution in [0.1, 0.15) is 15.9 Å². The molecule has 6 heteroatoms. The first-order chi connectivity index (χ1) is 12.0. The number of halogens is 1. The molecule has 0 atom stereocenters. The molecule has 2 N–H and O–H groups in total. The van der Waals surface area contributed by atoms with E-state index < -0.39 is 0 Å². The van der Waals surface area contributed by atoms with E-state index in [0.29, 0.717) is 10.7 Å². The van der Waals surface area contributed by atoms with Gasteiger partial charge in [-0.1, -0.05) is 23.7 Å². The Bertz CT molecular complexity index is 741. The molecule has 0 aliphatic carbocycles. The van der Waals surface area contributed by atoms with Crippen LogP contribution >= 0.6 is 11.6 Å². The summed E-state index contributed by atoms with van der Waals surface area (Å²) in [5, 5.41) is 13.0. The lowest BCUT2D eigenvalue weighted by molar-refractivity contribution is 0.102. The molecule has 0 unspecified atom stereocenters. The van der Waals surface area contributed by atoms with Gasteiger partial charge in [0.1, 0.15) is 5.75 Å². The molecular formula is C19H22ClN3O2. The quantitative estimate of drug-likeness (QED) is 0.881. The topological polar surface area (TPSA) is 55.8 Å². The summed E-state index contributed by atoms with van der Waals surface area (Å²) in [6.07, 6.45) is 0. The Morgan fingerprint density at radius 3 is 2.48 bits per heavy atom. The summed E-state index contributed by atoms with van der Waals surface area (Å²) < 4.78 is 0. The molecule has 0 radical (unpaired) electrons. The molecular weight excluding hydrogens is 338 g/mol. The number of amides is 1. The fourth-order valence-corrected chi connectivity index (χ4v) is 3.02. The van der Waals surface area contributed by atoms with E-state index in [9.17, 15) is 9.90 Å². The summed E-state index contributed by atoms with van der Waals surface area (Å²) in [4.78, 5) is 17.0. The minimum Gasteiger partial charge on any atom is -0.507 e. The van der Waals surface area contributed by atoms with Crippen molar-refractivity contribution in [1.29, 1.82) is 0 Å². The molecule has 1 saturated heterocycles. The number of nitrogens with zero attached hydrogens (tertiary/aromatic N) is 2. The van der Waals surface area contributed by atoms with E-state index in [-0.39, 0.29) is 17.2 Å². The van der Waals surface area contributed by atoms with Crippen molar-refractivity contribution in [3.8, 4) is 5.75 Å². The zero-order valence-corrected chi connectivity index (χ0v) is 15.0. The number of likely N-dealkylation sites (N-methyl/N-ethyl adjacent to an activating group) is 1. The van der Waals surface area contributed by atoms with Gasteiger partial charge in [0, 0.05) is 43.4 Å². The van der Waals surface area contributed by atoms with E-state index in [4.69, 9.17) is 11.6 Å². The number of hydrogen-bond acceptors (Lipinski definition) is 4. The van der Waals surface area contributed by atoms with Gasteiger partial charge < -0.3 is 15.3 Å². The summed E-state index contributed by atoms with van der Waals surface area (Å²) >= 11 is 5.89. The molecule has 1 fully saturated rings. The fraction of sp³-hybridized carbons (Fsp3) is 0.316. The van der Waals surface area contributed by atoms with Crippen LogP contribution in [0.25, 0.3) is 0 Å². The zero-order chi connectivity index (χ0) is 17.8. The molecule has 0 saturated carbocycles. The second kappa shape index (κ2) is 7.87. The van der Waals surface area contributed by atoms with Gasteiger partial charge in [-0.15, -0.1) is 0 Å². The van der Waals surface area contributed by atoms with Crippen LogP contribution in [0.2, 0.25) is 5.02 Å². The van der Waals surface area contributed by atoms with Crippen LogP contribution < -0.4 is 5.32 Å². The molecule has 1 amide bonds. The number of phenolic OH excluding ortho intramolecular Hbond substituents is 1. The average molecular weight is 360 g/mol.